The number of methoxy groups -OCH3 is 1. The predicted octanol–water partition coefficient (Wildman–Crippen LogP) is 2.14. The van der Waals surface area contributed by atoms with Crippen LogP contribution in [0.3, 0.4) is 0 Å². The fourth-order valence-corrected chi connectivity index (χ4v) is 1.21. The van der Waals surface area contributed by atoms with Crippen LogP contribution < -0.4 is 0 Å². The van der Waals surface area contributed by atoms with Gasteiger partial charge in [0, 0.05) is 31.7 Å². The summed E-state index contributed by atoms with van der Waals surface area (Å²) >= 11 is 0. The lowest BCUT2D eigenvalue weighted by atomic mass is 10.0. The Morgan fingerprint density at radius 3 is 2.41 bits per heavy atom. The maximum atomic E-state index is 12.2. The summed E-state index contributed by atoms with van der Waals surface area (Å²) in [6.45, 7) is 0.346. The maximum absolute atomic E-state index is 12.2. The number of hydrogen-bond donors (Lipinski definition) is 0. The van der Waals surface area contributed by atoms with Crippen LogP contribution in [0.25, 0.3) is 0 Å². The molecule has 0 aromatic carbocycles. The molecule has 4 nitrogen and oxygen atoms in total. The molecule has 1 rings (SSSR count). The highest BCUT2D eigenvalue weighted by Gasteiger charge is 2.34. The Balaban J connectivity index is 2.83. The van der Waals surface area contributed by atoms with Crippen molar-refractivity contribution in [3.8, 4) is 6.07 Å². The number of nitrogens with zero attached hydrogens (tertiary/aromatic N) is 3. The van der Waals surface area contributed by atoms with Gasteiger partial charge < -0.3 is 4.74 Å². The molecule has 0 fully saturated rings. The monoisotopic (exact) mass is 245 g/mol. The lowest BCUT2D eigenvalue weighted by Crippen LogP contribution is -2.12. The Bertz CT molecular complexity index is 397. The molecule has 0 amide bonds. The molecule has 7 heteroatoms. The number of halogens is 3. The zero-order valence-corrected chi connectivity index (χ0v) is 9.03. The lowest BCUT2D eigenvalue weighted by Gasteiger charge is -2.09. The van der Waals surface area contributed by atoms with E-state index in [2.05, 4.69) is 9.97 Å². The third kappa shape index (κ3) is 3.67. The van der Waals surface area contributed by atoms with Crippen molar-refractivity contribution in [3.05, 3.63) is 23.8 Å². The van der Waals surface area contributed by atoms with Gasteiger partial charge in [-0.2, -0.15) is 18.4 Å². The first-order chi connectivity index (χ1) is 7.99. The minimum atomic E-state index is -4.56. The number of rotatable bonds is 4. The average molecular weight is 245 g/mol. The van der Waals surface area contributed by atoms with Crippen molar-refractivity contribution < 1.29 is 17.9 Å². The van der Waals surface area contributed by atoms with E-state index in [0.29, 0.717) is 18.6 Å². The van der Waals surface area contributed by atoms with Gasteiger partial charge in [0.25, 0.3) is 0 Å². The molecule has 1 aromatic heterocycles. The van der Waals surface area contributed by atoms with Crippen molar-refractivity contribution in [2.24, 2.45) is 0 Å². The summed E-state index contributed by atoms with van der Waals surface area (Å²) in [5.41, 5.74) is 0.359. The first-order valence-corrected chi connectivity index (χ1v) is 4.76. The van der Waals surface area contributed by atoms with E-state index >= 15 is 0 Å². The highest BCUT2D eigenvalue weighted by Crippen LogP contribution is 2.26. The van der Waals surface area contributed by atoms with Gasteiger partial charge in [0.2, 0.25) is 5.82 Å². The smallest absolute Gasteiger partial charge is 0.385 e. The van der Waals surface area contributed by atoms with E-state index in [1.54, 1.807) is 0 Å². The topological polar surface area (TPSA) is 58.8 Å². The van der Waals surface area contributed by atoms with Crippen molar-refractivity contribution in [2.75, 3.05) is 13.7 Å². The molecule has 1 aromatic rings. The molecular weight excluding hydrogens is 235 g/mol. The highest BCUT2D eigenvalue weighted by atomic mass is 19.4. The minimum Gasteiger partial charge on any atom is -0.385 e. The predicted molar refractivity (Wildman–Crippen MR) is 51.9 cm³/mol. The summed E-state index contributed by atoms with van der Waals surface area (Å²) in [4.78, 5) is 6.40. The second-order valence-corrected chi connectivity index (χ2v) is 3.30. The first-order valence-electron chi connectivity index (χ1n) is 4.76. The Kier molecular flexibility index (Phi) is 4.40. The molecule has 0 saturated carbocycles. The average Bonchev–Trinajstić information content (AvgIpc) is 2.29. The van der Waals surface area contributed by atoms with Crippen LogP contribution in [0.15, 0.2) is 12.4 Å². The molecule has 0 bridgehead atoms. The van der Waals surface area contributed by atoms with Crippen molar-refractivity contribution in [1.82, 2.24) is 9.97 Å². The number of nitriles is 1. The van der Waals surface area contributed by atoms with E-state index < -0.39 is 17.9 Å². The van der Waals surface area contributed by atoms with Gasteiger partial charge in [-0.3, -0.25) is 0 Å². The summed E-state index contributed by atoms with van der Waals surface area (Å²) in [5.74, 6) is -1.76. The number of aromatic nitrogens is 2. The van der Waals surface area contributed by atoms with Crippen LogP contribution in [-0.4, -0.2) is 23.7 Å². The van der Waals surface area contributed by atoms with Crippen LogP contribution in [0.1, 0.15) is 23.7 Å². The largest absolute Gasteiger partial charge is 0.451 e. The number of alkyl halides is 3. The van der Waals surface area contributed by atoms with Gasteiger partial charge in [0.05, 0.1) is 12.0 Å². The van der Waals surface area contributed by atoms with Gasteiger partial charge in [-0.15, -0.1) is 0 Å². The van der Waals surface area contributed by atoms with Gasteiger partial charge in [0.1, 0.15) is 0 Å². The fraction of sp³-hybridized carbons (Fsp3) is 0.500. The Labute approximate surface area is 96.1 Å². The zero-order chi connectivity index (χ0) is 12.9. The Morgan fingerprint density at radius 2 is 2.00 bits per heavy atom. The lowest BCUT2D eigenvalue weighted by molar-refractivity contribution is -0.145. The van der Waals surface area contributed by atoms with Crippen molar-refractivity contribution in [2.45, 2.75) is 18.5 Å². The fourth-order valence-electron chi connectivity index (χ4n) is 1.21. The third-order valence-electron chi connectivity index (χ3n) is 2.09. The molecular formula is C10H10F3N3O. The normalized spacial score (nSPS) is 13.1. The van der Waals surface area contributed by atoms with Crippen molar-refractivity contribution in [1.29, 1.82) is 5.26 Å². The molecule has 0 unspecified atom stereocenters. The van der Waals surface area contributed by atoms with Gasteiger partial charge >= 0.3 is 6.18 Å². The van der Waals surface area contributed by atoms with E-state index in [4.69, 9.17) is 10.00 Å². The van der Waals surface area contributed by atoms with Gasteiger partial charge in [-0.25, -0.2) is 9.97 Å². The maximum Gasteiger partial charge on any atom is 0.451 e. The molecule has 0 aliphatic carbocycles. The van der Waals surface area contributed by atoms with Crippen LogP contribution in [0.2, 0.25) is 0 Å². The molecule has 0 N–H and O–H groups in total. The molecule has 1 heterocycles. The number of hydrogen-bond acceptors (Lipinski definition) is 4. The number of ether oxygens (including phenoxy) is 1. The van der Waals surface area contributed by atoms with Gasteiger partial charge in [-0.05, 0) is 6.42 Å². The van der Waals surface area contributed by atoms with E-state index in [-0.39, 0.29) is 0 Å². The minimum absolute atomic E-state index is 0.346. The summed E-state index contributed by atoms with van der Waals surface area (Å²) in [6, 6.07) is 1.97. The molecule has 0 aliphatic rings. The van der Waals surface area contributed by atoms with Crippen LogP contribution >= 0.6 is 0 Å². The quantitative estimate of drug-likeness (QED) is 0.815. The zero-order valence-electron chi connectivity index (χ0n) is 9.03. The molecule has 1 atom stereocenters. The van der Waals surface area contributed by atoms with Crippen LogP contribution in [0.5, 0.6) is 0 Å². The molecule has 17 heavy (non-hydrogen) atoms. The van der Waals surface area contributed by atoms with Crippen LogP contribution in [0.4, 0.5) is 13.2 Å². The van der Waals surface area contributed by atoms with Gasteiger partial charge in [-0.1, -0.05) is 0 Å². The summed E-state index contributed by atoms with van der Waals surface area (Å²) in [7, 11) is 1.48. The van der Waals surface area contributed by atoms with Crippen molar-refractivity contribution >= 4 is 0 Å². The molecule has 0 aliphatic heterocycles. The summed E-state index contributed by atoms with van der Waals surface area (Å²) in [5, 5.41) is 8.85. The second kappa shape index (κ2) is 5.59. The van der Waals surface area contributed by atoms with Crippen LogP contribution in [-0.2, 0) is 10.9 Å². The standard InChI is InChI=1S/C10H10F3N3O/c1-17-3-2-7(4-14)8-5-15-9(16-6-8)10(11,12)13/h5-7H,2-3H2,1H3/t7-/m1/s1. The Hall–Kier alpha value is -1.68. The molecule has 0 spiro atoms. The van der Waals surface area contributed by atoms with Crippen LogP contribution in [0, 0.1) is 11.3 Å². The molecule has 0 saturated heterocycles. The van der Waals surface area contributed by atoms with Gasteiger partial charge in [0.15, 0.2) is 0 Å². The Morgan fingerprint density at radius 1 is 1.41 bits per heavy atom. The highest BCUT2D eigenvalue weighted by molar-refractivity contribution is 5.19. The van der Waals surface area contributed by atoms with E-state index in [1.165, 1.54) is 7.11 Å². The van der Waals surface area contributed by atoms with Crippen molar-refractivity contribution in [3.63, 3.8) is 0 Å². The summed E-state index contributed by atoms with van der Waals surface area (Å²) < 4.78 is 41.4. The summed E-state index contributed by atoms with van der Waals surface area (Å²) in [6.07, 6.45) is -2.12. The van der Waals surface area contributed by atoms with E-state index in [0.717, 1.165) is 12.4 Å². The SMILES string of the molecule is COCC[C@H](C#N)c1cnc(C(F)(F)F)nc1. The third-order valence-corrected chi connectivity index (χ3v) is 2.09. The first kappa shape index (κ1) is 13.4. The molecule has 92 valence electrons. The van der Waals surface area contributed by atoms with E-state index in [1.807, 2.05) is 6.07 Å². The second-order valence-electron chi connectivity index (χ2n) is 3.30. The van der Waals surface area contributed by atoms with E-state index in [9.17, 15) is 13.2 Å². The molecule has 0 radical (unpaired) electrons.